The second-order valence-corrected chi connectivity index (χ2v) is 5.30. The number of rotatable bonds is 2. The minimum absolute atomic E-state index is 0.0140. The lowest BCUT2D eigenvalue weighted by Crippen LogP contribution is -2.44. The van der Waals surface area contributed by atoms with E-state index in [-0.39, 0.29) is 17.9 Å². The minimum Gasteiger partial charge on any atom is -0.345 e. The van der Waals surface area contributed by atoms with Gasteiger partial charge in [0.05, 0.1) is 0 Å². The monoisotopic (exact) mass is 260 g/mol. The van der Waals surface area contributed by atoms with Crippen LogP contribution in [0.1, 0.15) is 31.4 Å². The molecule has 1 aromatic rings. The van der Waals surface area contributed by atoms with E-state index < -0.39 is 6.04 Å². The summed E-state index contributed by atoms with van der Waals surface area (Å²) in [7, 11) is 0. The molecule has 0 saturated carbocycles. The molecular weight excluding hydrogens is 240 g/mol. The molecule has 1 aliphatic rings. The molecule has 1 heterocycles. The van der Waals surface area contributed by atoms with Crippen molar-refractivity contribution < 1.29 is 9.59 Å². The maximum absolute atomic E-state index is 12.3. The first-order valence-electron chi connectivity index (χ1n) is 6.63. The molecular formula is C15H20N2O2. The van der Waals surface area contributed by atoms with Crippen molar-refractivity contribution in [2.24, 2.45) is 0 Å². The fraction of sp³-hybridized carbons (Fsp3) is 0.467. The van der Waals surface area contributed by atoms with Gasteiger partial charge in [-0.3, -0.25) is 9.59 Å². The van der Waals surface area contributed by atoms with Crippen LogP contribution < -0.4 is 5.32 Å². The van der Waals surface area contributed by atoms with Crippen molar-refractivity contribution in [3.63, 3.8) is 0 Å². The molecule has 0 bridgehead atoms. The predicted molar refractivity (Wildman–Crippen MR) is 73.4 cm³/mol. The van der Waals surface area contributed by atoms with Gasteiger partial charge in [0, 0.05) is 19.0 Å². The van der Waals surface area contributed by atoms with Gasteiger partial charge in [0.2, 0.25) is 11.8 Å². The van der Waals surface area contributed by atoms with E-state index in [1.54, 1.807) is 11.8 Å². The van der Waals surface area contributed by atoms with Crippen LogP contribution in [-0.4, -0.2) is 28.8 Å². The van der Waals surface area contributed by atoms with Gasteiger partial charge in [-0.15, -0.1) is 0 Å². The summed E-state index contributed by atoms with van der Waals surface area (Å²) in [6.45, 7) is 6.25. The first-order valence-corrected chi connectivity index (χ1v) is 6.63. The number of carbonyl (C=O) groups is 2. The van der Waals surface area contributed by atoms with Crippen LogP contribution in [0.5, 0.6) is 0 Å². The summed E-state index contributed by atoms with van der Waals surface area (Å²) in [6, 6.07) is 7.60. The SMILES string of the molecule is Cc1cccc(CN2C(=O)C(C)NC(=O)CC2C)c1. The Balaban J connectivity index is 2.21. The molecule has 1 fully saturated rings. The number of benzene rings is 1. The summed E-state index contributed by atoms with van der Waals surface area (Å²) < 4.78 is 0. The molecule has 2 atom stereocenters. The van der Waals surface area contributed by atoms with E-state index in [1.165, 1.54) is 5.56 Å². The van der Waals surface area contributed by atoms with Gasteiger partial charge in [-0.2, -0.15) is 0 Å². The van der Waals surface area contributed by atoms with E-state index in [0.29, 0.717) is 13.0 Å². The summed E-state index contributed by atoms with van der Waals surface area (Å²) >= 11 is 0. The van der Waals surface area contributed by atoms with E-state index in [9.17, 15) is 9.59 Å². The average molecular weight is 260 g/mol. The molecule has 0 spiro atoms. The van der Waals surface area contributed by atoms with E-state index in [0.717, 1.165) is 5.56 Å². The lowest BCUT2D eigenvalue weighted by molar-refractivity contribution is -0.135. The third kappa shape index (κ3) is 3.13. The van der Waals surface area contributed by atoms with Crippen molar-refractivity contribution in [1.82, 2.24) is 10.2 Å². The molecule has 2 rings (SSSR count). The zero-order chi connectivity index (χ0) is 14.0. The van der Waals surface area contributed by atoms with Gasteiger partial charge in [0.25, 0.3) is 0 Å². The fourth-order valence-corrected chi connectivity index (χ4v) is 2.45. The van der Waals surface area contributed by atoms with Crippen LogP contribution in [0.3, 0.4) is 0 Å². The molecule has 2 unspecified atom stereocenters. The van der Waals surface area contributed by atoms with E-state index in [1.807, 2.05) is 32.0 Å². The molecule has 0 aromatic heterocycles. The first kappa shape index (κ1) is 13.6. The molecule has 2 amide bonds. The average Bonchev–Trinajstić information content (AvgIpc) is 2.41. The Labute approximate surface area is 113 Å². The third-order valence-corrected chi connectivity index (χ3v) is 3.48. The standard InChI is InChI=1S/C15H20N2O2/c1-10-5-4-6-13(7-10)9-17-11(2)8-14(18)16-12(3)15(17)19/h4-7,11-12H,8-9H2,1-3H3,(H,16,18). The van der Waals surface area contributed by atoms with Gasteiger partial charge >= 0.3 is 0 Å². The lowest BCUT2D eigenvalue weighted by atomic mass is 10.1. The van der Waals surface area contributed by atoms with Gasteiger partial charge in [-0.25, -0.2) is 0 Å². The number of nitrogens with zero attached hydrogens (tertiary/aromatic N) is 1. The highest BCUT2D eigenvalue weighted by Gasteiger charge is 2.31. The Hall–Kier alpha value is -1.84. The molecule has 102 valence electrons. The Morgan fingerprint density at radius 3 is 2.74 bits per heavy atom. The summed E-state index contributed by atoms with van der Waals surface area (Å²) in [5.41, 5.74) is 2.27. The fourth-order valence-electron chi connectivity index (χ4n) is 2.45. The largest absolute Gasteiger partial charge is 0.345 e. The normalized spacial score (nSPS) is 24.1. The summed E-state index contributed by atoms with van der Waals surface area (Å²) in [5, 5.41) is 2.72. The summed E-state index contributed by atoms with van der Waals surface area (Å²) in [6.07, 6.45) is 0.363. The van der Waals surface area contributed by atoms with Crippen LogP contribution in [0.4, 0.5) is 0 Å². The van der Waals surface area contributed by atoms with Crippen molar-refractivity contribution in [3.8, 4) is 0 Å². The number of nitrogens with one attached hydrogen (secondary N) is 1. The highest BCUT2D eigenvalue weighted by molar-refractivity contribution is 5.90. The molecule has 4 nitrogen and oxygen atoms in total. The molecule has 1 N–H and O–H groups in total. The van der Waals surface area contributed by atoms with Crippen molar-refractivity contribution >= 4 is 11.8 Å². The van der Waals surface area contributed by atoms with E-state index >= 15 is 0 Å². The van der Waals surface area contributed by atoms with Gasteiger partial charge < -0.3 is 10.2 Å². The van der Waals surface area contributed by atoms with Gasteiger partial charge in [-0.05, 0) is 26.3 Å². The van der Waals surface area contributed by atoms with Crippen LogP contribution in [0.25, 0.3) is 0 Å². The minimum atomic E-state index is -0.442. The summed E-state index contributed by atoms with van der Waals surface area (Å²) in [4.78, 5) is 25.7. The molecule has 1 aliphatic heterocycles. The molecule has 1 saturated heterocycles. The highest BCUT2D eigenvalue weighted by atomic mass is 16.2. The maximum Gasteiger partial charge on any atom is 0.245 e. The number of carbonyl (C=O) groups excluding carboxylic acids is 2. The molecule has 4 heteroatoms. The van der Waals surface area contributed by atoms with Crippen LogP contribution in [0, 0.1) is 6.92 Å². The Morgan fingerprint density at radius 2 is 2.05 bits per heavy atom. The number of amides is 2. The zero-order valence-electron chi connectivity index (χ0n) is 11.6. The van der Waals surface area contributed by atoms with Crippen molar-refractivity contribution in [2.75, 3.05) is 0 Å². The first-order chi connectivity index (χ1) is 8.97. The Bertz CT molecular complexity index is 499. The van der Waals surface area contributed by atoms with Crippen molar-refractivity contribution in [2.45, 2.75) is 45.8 Å². The number of hydrogen-bond donors (Lipinski definition) is 1. The Kier molecular flexibility index (Phi) is 3.88. The highest BCUT2D eigenvalue weighted by Crippen LogP contribution is 2.16. The van der Waals surface area contributed by atoms with Crippen LogP contribution >= 0.6 is 0 Å². The number of aryl methyl sites for hydroxylation is 1. The second kappa shape index (κ2) is 5.43. The third-order valence-electron chi connectivity index (χ3n) is 3.48. The van der Waals surface area contributed by atoms with Crippen LogP contribution in [0.2, 0.25) is 0 Å². The van der Waals surface area contributed by atoms with Crippen molar-refractivity contribution in [1.29, 1.82) is 0 Å². The van der Waals surface area contributed by atoms with Gasteiger partial charge in [0.15, 0.2) is 0 Å². The zero-order valence-corrected chi connectivity index (χ0v) is 11.6. The predicted octanol–water partition coefficient (Wildman–Crippen LogP) is 1.62. The summed E-state index contributed by atoms with van der Waals surface area (Å²) in [5.74, 6) is -0.0695. The van der Waals surface area contributed by atoms with Gasteiger partial charge in [0.1, 0.15) is 6.04 Å². The van der Waals surface area contributed by atoms with Gasteiger partial charge in [-0.1, -0.05) is 29.8 Å². The van der Waals surface area contributed by atoms with Crippen LogP contribution in [-0.2, 0) is 16.1 Å². The van der Waals surface area contributed by atoms with Crippen molar-refractivity contribution in [3.05, 3.63) is 35.4 Å². The van der Waals surface area contributed by atoms with Crippen LogP contribution in [0.15, 0.2) is 24.3 Å². The Morgan fingerprint density at radius 1 is 1.32 bits per heavy atom. The van der Waals surface area contributed by atoms with E-state index in [2.05, 4.69) is 11.4 Å². The smallest absolute Gasteiger partial charge is 0.245 e. The topological polar surface area (TPSA) is 49.4 Å². The molecule has 1 aromatic carbocycles. The van der Waals surface area contributed by atoms with E-state index in [4.69, 9.17) is 0 Å². The number of hydrogen-bond acceptors (Lipinski definition) is 2. The lowest BCUT2D eigenvalue weighted by Gasteiger charge is -2.28. The quantitative estimate of drug-likeness (QED) is 0.878. The molecule has 19 heavy (non-hydrogen) atoms. The second-order valence-electron chi connectivity index (χ2n) is 5.30. The molecule has 0 aliphatic carbocycles. The maximum atomic E-state index is 12.3. The molecule has 0 radical (unpaired) electrons.